The van der Waals surface area contributed by atoms with Crippen LogP contribution in [0.5, 0.6) is 5.75 Å². The number of carbonyl (C=O) groups is 1. The van der Waals surface area contributed by atoms with E-state index in [1.807, 2.05) is 24.3 Å². The third-order valence-corrected chi connectivity index (χ3v) is 4.20. The van der Waals surface area contributed by atoms with Gasteiger partial charge in [0.05, 0.1) is 29.3 Å². The van der Waals surface area contributed by atoms with E-state index in [4.69, 9.17) is 32.5 Å². The fourth-order valence-electron chi connectivity index (χ4n) is 2.25. The van der Waals surface area contributed by atoms with Crippen molar-refractivity contribution in [2.75, 3.05) is 12.4 Å². The number of nitrogens with zero attached hydrogens (tertiary/aromatic N) is 1. The maximum absolute atomic E-state index is 12.1. The first-order valence-corrected chi connectivity index (χ1v) is 8.15. The largest absolute Gasteiger partial charge is 0.497 e. The fraction of sp³-hybridized carbons (Fsp3) is 0.111. The molecule has 1 heterocycles. The number of halogens is 2. The number of anilines is 1. The predicted molar refractivity (Wildman–Crippen MR) is 97.3 cm³/mol. The molecule has 0 radical (unpaired) electrons. The molecule has 1 amide bonds. The van der Waals surface area contributed by atoms with E-state index in [0.29, 0.717) is 32.9 Å². The first-order chi connectivity index (χ1) is 12.0. The highest BCUT2D eigenvalue weighted by Crippen LogP contribution is 2.26. The summed E-state index contributed by atoms with van der Waals surface area (Å²) in [6.45, 7) is 0. The van der Waals surface area contributed by atoms with Crippen LogP contribution in [0.15, 0.2) is 53.1 Å². The van der Waals surface area contributed by atoms with Crippen molar-refractivity contribution in [1.29, 1.82) is 0 Å². The summed E-state index contributed by atoms with van der Waals surface area (Å²) in [6.07, 6.45) is 0.0771. The molecule has 1 aromatic heterocycles. The highest BCUT2D eigenvalue weighted by atomic mass is 35.5. The van der Waals surface area contributed by atoms with Gasteiger partial charge in [-0.05, 0) is 30.3 Å². The van der Waals surface area contributed by atoms with Crippen LogP contribution < -0.4 is 10.1 Å². The lowest BCUT2D eigenvalue weighted by Crippen LogP contribution is -2.14. The van der Waals surface area contributed by atoms with Crippen LogP contribution in [-0.4, -0.2) is 18.2 Å². The van der Waals surface area contributed by atoms with Crippen molar-refractivity contribution in [3.8, 4) is 17.1 Å². The van der Waals surface area contributed by atoms with Gasteiger partial charge < -0.3 is 14.6 Å². The van der Waals surface area contributed by atoms with E-state index >= 15 is 0 Å². The van der Waals surface area contributed by atoms with Crippen molar-refractivity contribution in [2.45, 2.75) is 6.42 Å². The van der Waals surface area contributed by atoms with E-state index in [9.17, 15) is 4.79 Å². The summed E-state index contributed by atoms with van der Waals surface area (Å²) in [6, 6.07) is 14.0. The van der Waals surface area contributed by atoms with Crippen LogP contribution in [0.25, 0.3) is 11.3 Å². The summed E-state index contributed by atoms with van der Waals surface area (Å²) in [5.41, 5.74) is 1.91. The first kappa shape index (κ1) is 17.3. The van der Waals surface area contributed by atoms with Crippen molar-refractivity contribution in [3.05, 3.63) is 64.3 Å². The molecule has 0 fully saturated rings. The number of hydrogen-bond acceptors (Lipinski definition) is 4. The van der Waals surface area contributed by atoms with Crippen LogP contribution in [0, 0.1) is 0 Å². The topological polar surface area (TPSA) is 64.4 Å². The second-order valence-electron chi connectivity index (χ2n) is 5.27. The third-order valence-electron chi connectivity index (χ3n) is 3.46. The summed E-state index contributed by atoms with van der Waals surface area (Å²) in [7, 11) is 1.60. The highest BCUT2D eigenvalue weighted by molar-refractivity contribution is 6.42. The monoisotopic (exact) mass is 376 g/mol. The summed E-state index contributed by atoms with van der Waals surface area (Å²) >= 11 is 11.8. The minimum atomic E-state index is -0.233. The van der Waals surface area contributed by atoms with Crippen LogP contribution in [0.4, 0.5) is 5.69 Å². The molecular formula is C18H14Cl2N2O3. The molecule has 0 saturated heterocycles. The number of aromatic nitrogens is 1. The van der Waals surface area contributed by atoms with E-state index in [1.165, 1.54) is 0 Å². The van der Waals surface area contributed by atoms with Gasteiger partial charge in [-0.1, -0.05) is 40.5 Å². The van der Waals surface area contributed by atoms with E-state index in [1.54, 1.807) is 31.4 Å². The van der Waals surface area contributed by atoms with E-state index in [0.717, 1.165) is 5.56 Å². The molecule has 0 bridgehead atoms. The zero-order valence-electron chi connectivity index (χ0n) is 13.3. The highest BCUT2D eigenvalue weighted by Gasteiger charge is 2.12. The smallest absolute Gasteiger partial charge is 0.230 e. The molecular weight excluding hydrogens is 363 g/mol. The number of nitrogens with one attached hydrogen (secondary N) is 1. The molecule has 0 aliphatic rings. The number of benzene rings is 2. The number of rotatable bonds is 5. The van der Waals surface area contributed by atoms with Crippen LogP contribution in [0.3, 0.4) is 0 Å². The van der Waals surface area contributed by atoms with Crippen molar-refractivity contribution in [2.24, 2.45) is 0 Å². The Labute approximate surface area is 154 Å². The molecule has 0 spiro atoms. The van der Waals surface area contributed by atoms with Crippen molar-refractivity contribution in [3.63, 3.8) is 0 Å². The maximum atomic E-state index is 12.1. The van der Waals surface area contributed by atoms with E-state index in [2.05, 4.69) is 10.5 Å². The summed E-state index contributed by atoms with van der Waals surface area (Å²) in [5.74, 6) is 1.05. The van der Waals surface area contributed by atoms with Gasteiger partial charge in [-0.15, -0.1) is 0 Å². The van der Waals surface area contributed by atoms with Crippen molar-refractivity contribution >= 4 is 34.8 Å². The number of methoxy groups -OCH3 is 1. The Bertz CT molecular complexity index is 909. The van der Waals surface area contributed by atoms with Crippen LogP contribution in [0.1, 0.15) is 5.69 Å². The zero-order chi connectivity index (χ0) is 17.8. The number of amides is 1. The van der Waals surface area contributed by atoms with E-state index < -0.39 is 0 Å². The minimum absolute atomic E-state index is 0.0771. The Morgan fingerprint density at radius 3 is 2.76 bits per heavy atom. The van der Waals surface area contributed by atoms with Gasteiger partial charge in [0.15, 0.2) is 5.76 Å². The molecule has 3 rings (SSSR count). The minimum Gasteiger partial charge on any atom is -0.497 e. The lowest BCUT2D eigenvalue weighted by Gasteiger charge is -2.05. The number of ether oxygens (including phenoxy) is 1. The Morgan fingerprint density at radius 2 is 2.00 bits per heavy atom. The van der Waals surface area contributed by atoms with Gasteiger partial charge in [-0.25, -0.2) is 0 Å². The first-order valence-electron chi connectivity index (χ1n) is 7.40. The second-order valence-corrected chi connectivity index (χ2v) is 6.08. The molecule has 0 atom stereocenters. The summed E-state index contributed by atoms with van der Waals surface area (Å²) < 4.78 is 10.5. The lowest BCUT2D eigenvalue weighted by atomic mass is 10.1. The predicted octanol–water partition coefficient (Wildman–Crippen LogP) is 4.84. The Morgan fingerprint density at radius 1 is 1.16 bits per heavy atom. The van der Waals surface area contributed by atoms with Gasteiger partial charge in [-0.3, -0.25) is 4.79 Å². The molecule has 0 unspecified atom stereocenters. The summed E-state index contributed by atoms with van der Waals surface area (Å²) in [5, 5.41) is 7.49. The van der Waals surface area contributed by atoms with E-state index in [-0.39, 0.29) is 12.3 Å². The molecule has 25 heavy (non-hydrogen) atoms. The molecule has 0 saturated carbocycles. The summed E-state index contributed by atoms with van der Waals surface area (Å²) in [4.78, 5) is 12.1. The van der Waals surface area contributed by atoms with Gasteiger partial charge in [-0.2, -0.15) is 0 Å². The molecule has 7 heteroatoms. The van der Waals surface area contributed by atoms with Gasteiger partial charge in [0.25, 0.3) is 0 Å². The standard InChI is InChI=1S/C18H14Cl2N2O3/c1-24-14-4-2-3-11(7-14)17-9-13(22-25-17)10-18(23)21-12-5-6-15(19)16(20)8-12/h2-9H,10H2,1H3,(H,21,23). The maximum Gasteiger partial charge on any atom is 0.230 e. The molecule has 1 N–H and O–H groups in total. The average molecular weight is 377 g/mol. The van der Waals surface area contributed by atoms with Crippen molar-refractivity contribution < 1.29 is 14.1 Å². The van der Waals surface area contributed by atoms with Crippen LogP contribution in [0.2, 0.25) is 10.0 Å². The SMILES string of the molecule is COc1cccc(-c2cc(CC(=O)Nc3ccc(Cl)c(Cl)c3)no2)c1. The lowest BCUT2D eigenvalue weighted by molar-refractivity contribution is -0.115. The normalized spacial score (nSPS) is 10.5. The molecule has 128 valence electrons. The number of carbonyl (C=O) groups excluding carboxylic acids is 1. The fourth-order valence-corrected chi connectivity index (χ4v) is 2.55. The number of hydrogen-bond donors (Lipinski definition) is 1. The quantitative estimate of drug-likeness (QED) is 0.691. The van der Waals surface area contributed by atoms with Crippen molar-refractivity contribution in [1.82, 2.24) is 5.16 Å². The van der Waals surface area contributed by atoms with Crippen LogP contribution >= 0.6 is 23.2 Å². The third kappa shape index (κ3) is 4.32. The average Bonchev–Trinajstić information content (AvgIpc) is 3.06. The Balaban J connectivity index is 1.68. The van der Waals surface area contributed by atoms with Gasteiger partial charge in [0.2, 0.25) is 5.91 Å². The molecule has 3 aromatic rings. The second kappa shape index (κ2) is 7.59. The Kier molecular flexibility index (Phi) is 5.26. The van der Waals surface area contributed by atoms with Crippen LogP contribution in [-0.2, 0) is 11.2 Å². The Hall–Kier alpha value is -2.50. The zero-order valence-corrected chi connectivity index (χ0v) is 14.8. The molecule has 2 aromatic carbocycles. The molecule has 0 aliphatic heterocycles. The van der Waals surface area contributed by atoms with Gasteiger partial charge in [0.1, 0.15) is 5.75 Å². The van der Waals surface area contributed by atoms with Gasteiger partial charge in [0, 0.05) is 17.3 Å². The molecule has 5 nitrogen and oxygen atoms in total. The molecule has 0 aliphatic carbocycles. The van der Waals surface area contributed by atoms with Gasteiger partial charge >= 0.3 is 0 Å².